The second-order valence-corrected chi connectivity index (χ2v) is 6.62. The predicted octanol–water partition coefficient (Wildman–Crippen LogP) is 4.74. The number of likely N-dealkylation sites (N-methyl/N-ethyl adjacent to an activating group) is 1. The maximum Gasteiger partial charge on any atom is 0.248 e. The molecule has 0 bridgehead atoms. The number of hydrogen-bond donors (Lipinski definition) is 1. The Morgan fingerprint density at radius 3 is 2.65 bits per heavy atom. The van der Waals surface area contributed by atoms with E-state index >= 15 is 0 Å². The Morgan fingerprint density at radius 1 is 1.23 bits per heavy atom. The fourth-order valence-corrected chi connectivity index (χ4v) is 2.90. The third-order valence-corrected chi connectivity index (χ3v) is 4.40. The average molecular weight is 357 g/mol. The van der Waals surface area contributed by atoms with Gasteiger partial charge in [-0.05, 0) is 62.9 Å². The second kappa shape index (κ2) is 9.90. The molecule has 1 aromatic heterocycles. The monoisotopic (exact) mass is 357 g/mol. The van der Waals surface area contributed by atoms with Gasteiger partial charge in [-0.1, -0.05) is 19.4 Å². The molecule has 0 aliphatic heterocycles. The van der Waals surface area contributed by atoms with E-state index in [0.717, 1.165) is 61.2 Å². The third-order valence-electron chi connectivity index (χ3n) is 4.40. The molecule has 0 saturated carbocycles. The smallest absolute Gasteiger partial charge is 0.248 e. The topological polar surface area (TPSA) is 49.0 Å². The van der Waals surface area contributed by atoms with Crippen LogP contribution in [0.25, 0.3) is 11.3 Å². The van der Waals surface area contributed by atoms with E-state index in [-0.39, 0.29) is 11.7 Å². The first-order chi connectivity index (χ1) is 12.5. The highest BCUT2D eigenvalue weighted by atomic mass is 19.1. The van der Waals surface area contributed by atoms with Crippen LogP contribution in [0, 0.1) is 5.82 Å². The van der Waals surface area contributed by atoms with Crippen LogP contribution in [-0.4, -0.2) is 34.6 Å². The van der Waals surface area contributed by atoms with Crippen molar-refractivity contribution < 1.29 is 9.18 Å². The zero-order chi connectivity index (χ0) is 18.9. The van der Waals surface area contributed by atoms with Crippen molar-refractivity contribution in [3.8, 4) is 11.3 Å². The van der Waals surface area contributed by atoms with Crippen LogP contribution in [0.1, 0.15) is 45.2 Å². The standard InChI is InChI=1S/C21H28FN3O/c1-4-8-16(2)21(26)25(3)14-7-5-6-9-19-15-20(24-23-19)17-10-12-18(22)13-11-17/h8,10-13,15H,4-7,9,14H2,1-3H3,(H,23,24)/b16-8-. The molecule has 1 N–H and O–H groups in total. The van der Waals surface area contributed by atoms with Crippen molar-refractivity contribution in [2.75, 3.05) is 13.6 Å². The van der Waals surface area contributed by atoms with Crippen LogP contribution in [0.3, 0.4) is 0 Å². The molecule has 0 fully saturated rings. The number of aromatic nitrogens is 2. The SMILES string of the molecule is CC/C=C(/C)C(=O)N(C)CCCCCc1cc(-c2ccc(F)cc2)n[nH]1. The van der Waals surface area contributed by atoms with Gasteiger partial charge in [0.1, 0.15) is 5.82 Å². The van der Waals surface area contributed by atoms with E-state index in [1.165, 1.54) is 12.1 Å². The molecule has 0 aliphatic carbocycles. The zero-order valence-corrected chi connectivity index (χ0v) is 15.9. The van der Waals surface area contributed by atoms with Gasteiger partial charge in [-0.15, -0.1) is 0 Å². The summed E-state index contributed by atoms with van der Waals surface area (Å²) < 4.78 is 13.0. The Kier molecular flexibility index (Phi) is 7.57. The summed E-state index contributed by atoms with van der Waals surface area (Å²) in [6.45, 7) is 4.69. The number of unbranched alkanes of at least 4 members (excludes halogenated alkanes) is 2. The van der Waals surface area contributed by atoms with Crippen molar-refractivity contribution >= 4 is 5.91 Å². The van der Waals surface area contributed by atoms with Crippen LogP contribution < -0.4 is 0 Å². The van der Waals surface area contributed by atoms with Gasteiger partial charge < -0.3 is 4.90 Å². The van der Waals surface area contributed by atoms with Crippen LogP contribution in [0.4, 0.5) is 4.39 Å². The molecule has 0 saturated heterocycles. The predicted molar refractivity (Wildman–Crippen MR) is 103 cm³/mol. The number of benzene rings is 1. The van der Waals surface area contributed by atoms with E-state index in [2.05, 4.69) is 10.2 Å². The normalized spacial score (nSPS) is 11.6. The quantitative estimate of drug-likeness (QED) is 0.520. The van der Waals surface area contributed by atoms with Crippen LogP contribution in [0.15, 0.2) is 42.0 Å². The zero-order valence-electron chi connectivity index (χ0n) is 15.9. The number of rotatable bonds is 9. The molecule has 26 heavy (non-hydrogen) atoms. The average Bonchev–Trinajstić information content (AvgIpc) is 3.10. The highest BCUT2D eigenvalue weighted by molar-refractivity contribution is 5.92. The van der Waals surface area contributed by atoms with Gasteiger partial charge in [0.2, 0.25) is 5.91 Å². The van der Waals surface area contributed by atoms with Crippen LogP contribution in [-0.2, 0) is 11.2 Å². The van der Waals surface area contributed by atoms with Gasteiger partial charge in [0.15, 0.2) is 0 Å². The molecule has 0 aliphatic rings. The third kappa shape index (κ3) is 5.83. The van der Waals surface area contributed by atoms with Crippen molar-refractivity contribution in [2.45, 2.75) is 46.0 Å². The van der Waals surface area contributed by atoms with Gasteiger partial charge in [0.05, 0.1) is 5.69 Å². The van der Waals surface area contributed by atoms with Gasteiger partial charge >= 0.3 is 0 Å². The second-order valence-electron chi connectivity index (χ2n) is 6.62. The van der Waals surface area contributed by atoms with E-state index in [4.69, 9.17) is 0 Å². The number of nitrogens with one attached hydrogen (secondary N) is 1. The number of aromatic amines is 1. The molecule has 1 aromatic carbocycles. The maximum absolute atomic E-state index is 13.0. The molecule has 1 heterocycles. The fraction of sp³-hybridized carbons (Fsp3) is 0.429. The summed E-state index contributed by atoms with van der Waals surface area (Å²) >= 11 is 0. The van der Waals surface area contributed by atoms with Crippen molar-refractivity contribution in [3.05, 3.63) is 53.5 Å². The highest BCUT2D eigenvalue weighted by Crippen LogP contribution is 2.19. The summed E-state index contributed by atoms with van der Waals surface area (Å²) in [7, 11) is 1.86. The van der Waals surface area contributed by atoms with Gasteiger partial charge in [0.25, 0.3) is 0 Å². The molecular weight excluding hydrogens is 329 g/mol. The lowest BCUT2D eigenvalue weighted by Gasteiger charge is -2.17. The molecule has 1 amide bonds. The molecule has 0 radical (unpaired) electrons. The van der Waals surface area contributed by atoms with Gasteiger partial charge in [0, 0.05) is 30.4 Å². The molecule has 0 spiro atoms. The first-order valence-electron chi connectivity index (χ1n) is 9.23. The summed E-state index contributed by atoms with van der Waals surface area (Å²) in [6.07, 6.45) is 6.85. The maximum atomic E-state index is 13.0. The van der Waals surface area contributed by atoms with E-state index in [9.17, 15) is 9.18 Å². The Bertz CT molecular complexity index is 734. The minimum absolute atomic E-state index is 0.115. The lowest BCUT2D eigenvalue weighted by molar-refractivity contribution is -0.125. The first-order valence-corrected chi connectivity index (χ1v) is 9.23. The van der Waals surface area contributed by atoms with Gasteiger partial charge in [-0.25, -0.2) is 4.39 Å². The highest BCUT2D eigenvalue weighted by Gasteiger charge is 2.10. The molecule has 140 valence electrons. The summed E-state index contributed by atoms with van der Waals surface area (Å²) in [5.41, 5.74) is 3.64. The van der Waals surface area contributed by atoms with E-state index in [1.54, 1.807) is 17.0 Å². The van der Waals surface area contributed by atoms with Crippen molar-refractivity contribution in [1.29, 1.82) is 0 Å². The number of carbonyl (C=O) groups is 1. The number of halogens is 1. The summed E-state index contributed by atoms with van der Waals surface area (Å²) in [6, 6.07) is 8.37. The number of H-pyrrole nitrogens is 1. The summed E-state index contributed by atoms with van der Waals surface area (Å²) in [5, 5.41) is 7.35. The molecule has 4 nitrogen and oxygen atoms in total. The van der Waals surface area contributed by atoms with E-state index in [1.807, 2.05) is 33.0 Å². The van der Waals surface area contributed by atoms with E-state index < -0.39 is 0 Å². The molecule has 0 unspecified atom stereocenters. The summed E-state index contributed by atoms with van der Waals surface area (Å²) in [4.78, 5) is 13.9. The number of carbonyl (C=O) groups excluding carboxylic acids is 1. The summed E-state index contributed by atoms with van der Waals surface area (Å²) in [5.74, 6) is -0.127. The number of aryl methyl sites for hydroxylation is 1. The molecule has 5 heteroatoms. The first kappa shape index (κ1) is 19.9. The number of nitrogens with zero attached hydrogens (tertiary/aromatic N) is 2. The minimum atomic E-state index is -0.242. The lowest BCUT2D eigenvalue weighted by atomic mass is 10.1. The van der Waals surface area contributed by atoms with Crippen LogP contribution in [0.5, 0.6) is 0 Å². The van der Waals surface area contributed by atoms with Gasteiger partial charge in [-0.2, -0.15) is 5.10 Å². The van der Waals surface area contributed by atoms with Gasteiger partial charge in [-0.3, -0.25) is 9.89 Å². The van der Waals surface area contributed by atoms with E-state index in [0.29, 0.717) is 0 Å². The van der Waals surface area contributed by atoms with Crippen LogP contribution in [0.2, 0.25) is 0 Å². The minimum Gasteiger partial charge on any atom is -0.342 e. The lowest BCUT2D eigenvalue weighted by Crippen LogP contribution is -2.28. The van der Waals surface area contributed by atoms with Crippen molar-refractivity contribution in [1.82, 2.24) is 15.1 Å². The molecule has 2 rings (SSSR count). The fourth-order valence-electron chi connectivity index (χ4n) is 2.90. The number of amides is 1. The molecule has 0 atom stereocenters. The molecule has 2 aromatic rings. The molecular formula is C21H28FN3O. The van der Waals surface area contributed by atoms with Crippen LogP contribution >= 0.6 is 0 Å². The van der Waals surface area contributed by atoms with Crippen molar-refractivity contribution in [3.63, 3.8) is 0 Å². The Balaban J connectivity index is 1.71. The number of hydrogen-bond acceptors (Lipinski definition) is 2. The Labute approximate surface area is 155 Å². The largest absolute Gasteiger partial charge is 0.342 e. The Morgan fingerprint density at radius 2 is 1.96 bits per heavy atom. The number of allylic oxidation sites excluding steroid dienone is 1. The van der Waals surface area contributed by atoms with Crippen molar-refractivity contribution in [2.24, 2.45) is 0 Å². The Hall–Kier alpha value is -2.43.